The molecular formula is C17H17ClO. The molecule has 0 radical (unpaired) electrons. The third kappa shape index (κ3) is 2.41. The van der Waals surface area contributed by atoms with E-state index in [4.69, 9.17) is 11.6 Å². The van der Waals surface area contributed by atoms with Crippen LogP contribution in [0, 0.1) is 6.92 Å². The lowest BCUT2D eigenvalue weighted by molar-refractivity contribution is 0.153. The van der Waals surface area contributed by atoms with Crippen molar-refractivity contribution >= 4 is 11.6 Å². The smallest absolute Gasteiger partial charge is 0.0796 e. The van der Waals surface area contributed by atoms with Crippen molar-refractivity contribution in [1.29, 1.82) is 0 Å². The zero-order valence-electron chi connectivity index (χ0n) is 10.9. The Labute approximate surface area is 118 Å². The SMILES string of the molecule is Cc1cc(C(O)CC2Cc3ccccc32)ccc1Cl. The standard InChI is InChI=1S/C17H17ClO/c1-11-8-13(6-7-16(11)18)17(19)10-14-9-12-4-2-3-5-15(12)14/h2-8,14,17,19H,9-10H2,1H3. The highest BCUT2D eigenvalue weighted by Gasteiger charge is 2.27. The van der Waals surface area contributed by atoms with E-state index in [1.165, 1.54) is 11.1 Å². The van der Waals surface area contributed by atoms with E-state index in [0.29, 0.717) is 5.92 Å². The number of hydrogen-bond donors (Lipinski definition) is 1. The summed E-state index contributed by atoms with van der Waals surface area (Å²) in [6.07, 6.45) is 1.46. The van der Waals surface area contributed by atoms with Crippen LogP contribution >= 0.6 is 11.6 Å². The van der Waals surface area contributed by atoms with Gasteiger partial charge in [0.2, 0.25) is 0 Å². The predicted octanol–water partition coefficient (Wildman–Crippen LogP) is 4.41. The van der Waals surface area contributed by atoms with Crippen LogP contribution < -0.4 is 0 Å². The average molecular weight is 273 g/mol. The van der Waals surface area contributed by atoms with E-state index in [0.717, 1.165) is 29.0 Å². The number of fused-ring (bicyclic) bond motifs is 1. The molecule has 2 atom stereocenters. The summed E-state index contributed by atoms with van der Waals surface area (Å²) in [6, 6.07) is 14.3. The Hall–Kier alpha value is -1.31. The molecule has 0 heterocycles. The summed E-state index contributed by atoms with van der Waals surface area (Å²) < 4.78 is 0. The first-order chi connectivity index (χ1) is 9.15. The zero-order valence-corrected chi connectivity index (χ0v) is 11.7. The van der Waals surface area contributed by atoms with Crippen LogP contribution in [0.3, 0.4) is 0 Å². The van der Waals surface area contributed by atoms with Gasteiger partial charge in [-0.1, -0.05) is 48.0 Å². The number of rotatable bonds is 3. The second kappa shape index (κ2) is 4.99. The highest BCUT2D eigenvalue weighted by Crippen LogP contribution is 2.40. The van der Waals surface area contributed by atoms with Crippen LogP contribution in [0.1, 0.15) is 40.7 Å². The lowest BCUT2D eigenvalue weighted by Crippen LogP contribution is -2.19. The van der Waals surface area contributed by atoms with Crippen molar-refractivity contribution < 1.29 is 5.11 Å². The van der Waals surface area contributed by atoms with E-state index in [-0.39, 0.29) is 0 Å². The van der Waals surface area contributed by atoms with Crippen LogP contribution in [-0.2, 0) is 6.42 Å². The largest absolute Gasteiger partial charge is 0.388 e. The molecule has 0 fully saturated rings. The highest BCUT2D eigenvalue weighted by molar-refractivity contribution is 6.31. The van der Waals surface area contributed by atoms with Crippen LogP contribution in [0.2, 0.25) is 5.02 Å². The molecule has 1 nitrogen and oxygen atoms in total. The summed E-state index contributed by atoms with van der Waals surface area (Å²) in [6.45, 7) is 1.97. The fraction of sp³-hybridized carbons (Fsp3) is 0.294. The fourth-order valence-electron chi connectivity index (χ4n) is 2.85. The maximum atomic E-state index is 10.4. The maximum absolute atomic E-state index is 10.4. The minimum Gasteiger partial charge on any atom is -0.388 e. The lowest BCUT2D eigenvalue weighted by Gasteiger charge is -2.31. The van der Waals surface area contributed by atoms with E-state index >= 15 is 0 Å². The zero-order chi connectivity index (χ0) is 13.4. The van der Waals surface area contributed by atoms with Gasteiger partial charge in [-0.3, -0.25) is 0 Å². The third-order valence-corrected chi connectivity index (χ3v) is 4.46. The van der Waals surface area contributed by atoms with E-state index < -0.39 is 6.10 Å². The van der Waals surface area contributed by atoms with Gasteiger partial charge < -0.3 is 5.11 Å². The van der Waals surface area contributed by atoms with Crippen molar-refractivity contribution in [3.05, 3.63) is 69.7 Å². The summed E-state index contributed by atoms with van der Waals surface area (Å²) in [5.74, 6) is 0.488. The molecule has 0 aromatic heterocycles. The molecule has 3 rings (SSSR count). The van der Waals surface area contributed by atoms with Crippen molar-refractivity contribution in [2.45, 2.75) is 31.8 Å². The topological polar surface area (TPSA) is 20.2 Å². The summed E-state index contributed by atoms with van der Waals surface area (Å²) in [4.78, 5) is 0. The van der Waals surface area contributed by atoms with Gasteiger partial charge in [-0.25, -0.2) is 0 Å². The van der Waals surface area contributed by atoms with Crippen molar-refractivity contribution in [2.75, 3.05) is 0 Å². The van der Waals surface area contributed by atoms with Crippen LogP contribution in [0.25, 0.3) is 0 Å². The molecule has 0 bridgehead atoms. The van der Waals surface area contributed by atoms with Gasteiger partial charge in [0.05, 0.1) is 6.10 Å². The lowest BCUT2D eigenvalue weighted by atomic mass is 9.74. The van der Waals surface area contributed by atoms with Crippen molar-refractivity contribution in [2.24, 2.45) is 0 Å². The van der Waals surface area contributed by atoms with Gasteiger partial charge in [0.25, 0.3) is 0 Å². The van der Waals surface area contributed by atoms with Gasteiger partial charge in [0, 0.05) is 5.02 Å². The van der Waals surface area contributed by atoms with Crippen LogP contribution in [-0.4, -0.2) is 5.11 Å². The molecule has 0 spiro atoms. The van der Waals surface area contributed by atoms with Gasteiger partial charge >= 0.3 is 0 Å². The molecule has 1 aliphatic rings. The summed E-state index contributed by atoms with van der Waals surface area (Å²) in [7, 11) is 0. The molecule has 2 aromatic rings. The predicted molar refractivity (Wildman–Crippen MR) is 78.7 cm³/mol. The van der Waals surface area contributed by atoms with Gasteiger partial charge in [-0.2, -0.15) is 0 Å². The van der Waals surface area contributed by atoms with Crippen molar-refractivity contribution in [1.82, 2.24) is 0 Å². The molecule has 2 aromatic carbocycles. The Morgan fingerprint density at radius 2 is 2.05 bits per heavy atom. The van der Waals surface area contributed by atoms with Gasteiger partial charge in [-0.15, -0.1) is 0 Å². The molecule has 0 saturated heterocycles. The Morgan fingerprint density at radius 1 is 1.26 bits per heavy atom. The maximum Gasteiger partial charge on any atom is 0.0796 e. The molecule has 1 aliphatic carbocycles. The Morgan fingerprint density at radius 3 is 2.79 bits per heavy atom. The number of aliphatic hydroxyl groups is 1. The molecule has 0 aliphatic heterocycles. The second-order valence-corrected chi connectivity index (χ2v) is 5.77. The summed E-state index contributed by atoms with van der Waals surface area (Å²) in [5, 5.41) is 11.1. The minimum absolute atomic E-state index is 0.408. The van der Waals surface area contributed by atoms with Crippen LogP contribution in [0.15, 0.2) is 42.5 Å². The first kappa shape index (κ1) is 12.7. The van der Waals surface area contributed by atoms with Crippen LogP contribution in [0.5, 0.6) is 0 Å². The van der Waals surface area contributed by atoms with E-state index in [1.807, 2.05) is 25.1 Å². The number of aryl methyl sites for hydroxylation is 1. The second-order valence-electron chi connectivity index (χ2n) is 5.36. The molecule has 2 heteroatoms. The molecule has 2 unspecified atom stereocenters. The molecule has 1 N–H and O–H groups in total. The average Bonchev–Trinajstić information content (AvgIpc) is 2.39. The Kier molecular flexibility index (Phi) is 3.34. The number of benzene rings is 2. The minimum atomic E-state index is -0.408. The van der Waals surface area contributed by atoms with Gasteiger partial charge in [0.15, 0.2) is 0 Å². The molecule has 0 amide bonds. The van der Waals surface area contributed by atoms with Crippen molar-refractivity contribution in [3.8, 4) is 0 Å². The molecule has 0 saturated carbocycles. The quantitative estimate of drug-likeness (QED) is 0.877. The third-order valence-electron chi connectivity index (χ3n) is 4.04. The first-order valence-electron chi connectivity index (χ1n) is 6.67. The highest BCUT2D eigenvalue weighted by atomic mass is 35.5. The number of aliphatic hydroxyl groups excluding tert-OH is 1. The molecular weight excluding hydrogens is 256 g/mol. The van der Waals surface area contributed by atoms with Gasteiger partial charge in [0.1, 0.15) is 0 Å². The van der Waals surface area contributed by atoms with Crippen LogP contribution in [0.4, 0.5) is 0 Å². The van der Waals surface area contributed by atoms with E-state index in [1.54, 1.807) is 0 Å². The monoisotopic (exact) mass is 272 g/mol. The summed E-state index contributed by atoms with van der Waals surface area (Å²) >= 11 is 6.01. The van der Waals surface area contributed by atoms with E-state index in [9.17, 15) is 5.11 Å². The van der Waals surface area contributed by atoms with Gasteiger partial charge in [-0.05, 0) is 54.0 Å². The summed E-state index contributed by atoms with van der Waals surface area (Å²) in [5.41, 5.74) is 4.80. The normalized spacial score (nSPS) is 18.6. The van der Waals surface area contributed by atoms with Crippen molar-refractivity contribution in [3.63, 3.8) is 0 Å². The first-order valence-corrected chi connectivity index (χ1v) is 7.05. The fourth-order valence-corrected chi connectivity index (χ4v) is 2.97. The Balaban J connectivity index is 1.73. The van der Waals surface area contributed by atoms with E-state index in [2.05, 4.69) is 24.3 Å². The number of halogens is 1. The molecule has 19 heavy (non-hydrogen) atoms. The molecule has 98 valence electrons. The Bertz CT molecular complexity index is 606. The number of hydrogen-bond acceptors (Lipinski definition) is 1.